The molecule has 2 rings (SSSR count). The van der Waals surface area contributed by atoms with E-state index in [1.165, 1.54) is 6.07 Å². The van der Waals surface area contributed by atoms with Gasteiger partial charge in [-0.15, -0.1) is 0 Å². The number of aromatic amines is 2. The molecule has 100 valence electrons. The van der Waals surface area contributed by atoms with E-state index in [1.807, 2.05) is 6.92 Å². The quantitative estimate of drug-likeness (QED) is 0.854. The number of H-pyrrole nitrogens is 2. The Morgan fingerprint density at radius 1 is 1.32 bits per heavy atom. The predicted octanol–water partition coefficient (Wildman–Crippen LogP) is 3.38. The van der Waals surface area contributed by atoms with Gasteiger partial charge in [0.2, 0.25) is 0 Å². The summed E-state index contributed by atoms with van der Waals surface area (Å²) in [5, 5.41) is 0.335. The molecule has 19 heavy (non-hydrogen) atoms. The van der Waals surface area contributed by atoms with E-state index in [1.54, 1.807) is 12.1 Å². The fourth-order valence-electron chi connectivity index (χ4n) is 1.96. The van der Waals surface area contributed by atoms with Crippen molar-refractivity contribution >= 4 is 23.8 Å². The molecule has 0 atom stereocenters. The van der Waals surface area contributed by atoms with Gasteiger partial charge in [0.1, 0.15) is 5.82 Å². The van der Waals surface area contributed by atoms with Crippen molar-refractivity contribution in [2.75, 3.05) is 0 Å². The summed E-state index contributed by atoms with van der Waals surface area (Å²) in [6, 6.07) is 4.50. The summed E-state index contributed by atoms with van der Waals surface area (Å²) in [4.78, 5) is 17.2. The van der Waals surface area contributed by atoms with E-state index >= 15 is 0 Å². The van der Waals surface area contributed by atoms with Crippen molar-refractivity contribution in [1.29, 1.82) is 0 Å². The van der Waals surface area contributed by atoms with Crippen LogP contribution in [0.1, 0.15) is 23.7 Å². The van der Waals surface area contributed by atoms with Gasteiger partial charge in [0.15, 0.2) is 4.77 Å². The molecule has 0 aliphatic heterocycles. The molecule has 0 radical (unpaired) electrons. The number of aromatic nitrogens is 2. The molecule has 0 unspecified atom stereocenters. The molecule has 0 fully saturated rings. The van der Waals surface area contributed by atoms with Crippen LogP contribution in [0.2, 0.25) is 5.02 Å². The van der Waals surface area contributed by atoms with Crippen molar-refractivity contribution in [1.82, 2.24) is 9.97 Å². The van der Waals surface area contributed by atoms with E-state index in [0.717, 1.165) is 0 Å². The SMILES string of the molecule is CCc1c(Cc2c(F)cccc2Cl)[nH]c(=S)[nH]c1=O. The van der Waals surface area contributed by atoms with Crippen LogP contribution in [0.3, 0.4) is 0 Å². The minimum absolute atomic E-state index is 0.211. The number of hydrogen-bond acceptors (Lipinski definition) is 2. The van der Waals surface area contributed by atoms with Crippen LogP contribution in [-0.2, 0) is 12.8 Å². The lowest BCUT2D eigenvalue weighted by atomic mass is 10.0. The normalized spacial score (nSPS) is 10.7. The lowest BCUT2D eigenvalue weighted by Gasteiger charge is -2.09. The van der Waals surface area contributed by atoms with E-state index in [0.29, 0.717) is 28.3 Å². The van der Waals surface area contributed by atoms with Gasteiger partial charge in [0, 0.05) is 28.3 Å². The highest BCUT2D eigenvalue weighted by Crippen LogP contribution is 2.22. The van der Waals surface area contributed by atoms with Crippen LogP contribution >= 0.6 is 23.8 Å². The second kappa shape index (κ2) is 5.67. The van der Waals surface area contributed by atoms with Crippen LogP contribution in [0.15, 0.2) is 23.0 Å². The number of rotatable bonds is 3. The summed E-state index contributed by atoms with van der Waals surface area (Å²) in [5.41, 5.74) is 1.28. The monoisotopic (exact) mass is 298 g/mol. The summed E-state index contributed by atoms with van der Waals surface area (Å²) in [6.45, 7) is 1.86. The third-order valence-electron chi connectivity index (χ3n) is 2.90. The molecule has 0 aliphatic carbocycles. The first-order valence-corrected chi connectivity index (χ1v) is 6.58. The lowest BCUT2D eigenvalue weighted by Crippen LogP contribution is -2.17. The Morgan fingerprint density at radius 3 is 2.68 bits per heavy atom. The fourth-order valence-corrected chi connectivity index (χ4v) is 2.41. The van der Waals surface area contributed by atoms with E-state index < -0.39 is 5.82 Å². The van der Waals surface area contributed by atoms with Crippen molar-refractivity contribution in [2.45, 2.75) is 19.8 Å². The predicted molar refractivity (Wildman–Crippen MR) is 75.8 cm³/mol. The maximum absolute atomic E-state index is 13.8. The van der Waals surface area contributed by atoms with Crippen LogP contribution in [0.5, 0.6) is 0 Å². The van der Waals surface area contributed by atoms with Gasteiger partial charge in [0.05, 0.1) is 0 Å². The number of benzene rings is 1. The maximum Gasteiger partial charge on any atom is 0.255 e. The van der Waals surface area contributed by atoms with Gasteiger partial charge in [-0.05, 0) is 30.8 Å². The Labute approximate surface area is 119 Å². The van der Waals surface area contributed by atoms with Crippen molar-refractivity contribution in [2.24, 2.45) is 0 Å². The number of halogens is 2. The van der Waals surface area contributed by atoms with Gasteiger partial charge >= 0.3 is 0 Å². The Balaban J connectivity index is 2.55. The molecule has 3 nitrogen and oxygen atoms in total. The minimum atomic E-state index is -0.394. The number of hydrogen-bond donors (Lipinski definition) is 2. The smallest absolute Gasteiger partial charge is 0.255 e. The molecule has 0 spiro atoms. The van der Waals surface area contributed by atoms with Gasteiger partial charge in [-0.2, -0.15) is 0 Å². The van der Waals surface area contributed by atoms with Crippen LogP contribution in [0, 0.1) is 10.6 Å². The molecule has 1 heterocycles. The van der Waals surface area contributed by atoms with E-state index in [4.69, 9.17) is 23.8 Å². The zero-order chi connectivity index (χ0) is 14.0. The molecular formula is C13H12ClFN2OS. The Morgan fingerprint density at radius 2 is 2.05 bits per heavy atom. The van der Waals surface area contributed by atoms with E-state index in [2.05, 4.69) is 9.97 Å². The van der Waals surface area contributed by atoms with Crippen LogP contribution in [0.25, 0.3) is 0 Å². The zero-order valence-electron chi connectivity index (χ0n) is 10.2. The van der Waals surface area contributed by atoms with Crippen molar-refractivity contribution in [3.63, 3.8) is 0 Å². The molecule has 0 aliphatic rings. The third-order valence-corrected chi connectivity index (χ3v) is 3.46. The molecule has 0 bridgehead atoms. The third kappa shape index (κ3) is 2.93. The topological polar surface area (TPSA) is 48.6 Å². The average Bonchev–Trinajstić information content (AvgIpc) is 2.33. The van der Waals surface area contributed by atoms with E-state index in [-0.39, 0.29) is 16.8 Å². The van der Waals surface area contributed by atoms with Crippen LogP contribution < -0.4 is 5.56 Å². The highest BCUT2D eigenvalue weighted by molar-refractivity contribution is 7.71. The summed E-state index contributed by atoms with van der Waals surface area (Å²) < 4.78 is 14.0. The van der Waals surface area contributed by atoms with Gasteiger partial charge in [-0.1, -0.05) is 24.6 Å². The van der Waals surface area contributed by atoms with Gasteiger partial charge in [-0.25, -0.2) is 4.39 Å². The Bertz CT molecular complexity index is 703. The highest BCUT2D eigenvalue weighted by atomic mass is 35.5. The number of nitrogens with one attached hydrogen (secondary N) is 2. The molecule has 2 aromatic rings. The molecule has 0 saturated carbocycles. The van der Waals surface area contributed by atoms with Crippen LogP contribution in [-0.4, -0.2) is 9.97 Å². The van der Waals surface area contributed by atoms with Gasteiger partial charge in [0.25, 0.3) is 5.56 Å². The van der Waals surface area contributed by atoms with E-state index in [9.17, 15) is 9.18 Å². The largest absolute Gasteiger partial charge is 0.335 e. The molecule has 2 N–H and O–H groups in total. The average molecular weight is 299 g/mol. The van der Waals surface area contributed by atoms with Crippen molar-refractivity contribution in [3.8, 4) is 0 Å². The van der Waals surface area contributed by atoms with Crippen molar-refractivity contribution < 1.29 is 4.39 Å². The van der Waals surface area contributed by atoms with Gasteiger partial charge < -0.3 is 4.98 Å². The first-order chi connectivity index (χ1) is 9.02. The second-order valence-corrected chi connectivity index (χ2v) is 4.91. The molecular weight excluding hydrogens is 287 g/mol. The maximum atomic E-state index is 13.8. The molecule has 6 heteroatoms. The van der Waals surface area contributed by atoms with Crippen molar-refractivity contribution in [3.05, 3.63) is 61.0 Å². The zero-order valence-corrected chi connectivity index (χ0v) is 11.8. The lowest BCUT2D eigenvalue weighted by molar-refractivity contribution is 0.612. The summed E-state index contributed by atoms with van der Waals surface area (Å²) >= 11 is 10.9. The summed E-state index contributed by atoms with van der Waals surface area (Å²) in [5.74, 6) is -0.394. The standard InChI is InChI=1S/C13H12ClFN2OS/c1-2-7-11(16-13(19)17-12(7)18)6-8-9(14)4-3-5-10(8)15/h3-5H,2,6H2,1H3,(H2,16,17,18,19). The molecule has 1 aromatic heterocycles. The van der Waals surface area contributed by atoms with Gasteiger partial charge in [-0.3, -0.25) is 9.78 Å². The first kappa shape index (κ1) is 14.0. The highest BCUT2D eigenvalue weighted by Gasteiger charge is 2.12. The molecule has 1 aromatic carbocycles. The Hall–Kier alpha value is -1.46. The summed E-state index contributed by atoms with van der Waals surface area (Å²) in [7, 11) is 0. The first-order valence-electron chi connectivity index (χ1n) is 5.80. The summed E-state index contributed by atoms with van der Waals surface area (Å²) in [6.07, 6.45) is 0.741. The minimum Gasteiger partial charge on any atom is -0.335 e. The molecule has 0 saturated heterocycles. The second-order valence-electron chi connectivity index (χ2n) is 4.10. The Kier molecular flexibility index (Phi) is 4.17. The fraction of sp³-hybridized carbons (Fsp3) is 0.231. The van der Waals surface area contributed by atoms with Crippen LogP contribution in [0.4, 0.5) is 4.39 Å². The molecule has 0 amide bonds.